The number of aryl methyl sites for hydroxylation is 1. The van der Waals surface area contributed by atoms with Gasteiger partial charge in [0, 0.05) is 30.2 Å². The van der Waals surface area contributed by atoms with Gasteiger partial charge in [0.15, 0.2) is 0 Å². The molecule has 0 spiro atoms. The van der Waals surface area contributed by atoms with Crippen LogP contribution in [0.5, 0.6) is 0 Å². The van der Waals surface area contributed by atoms with Gasteiger partial charge in [-0.15, -0.1) is 0 Å². The maximum atomic E-state index is 12.2. The largest absolute Gasteiger partial charge is 0.391 e. The van der Waals surface area contributed by atoms with E-state index in [0.717, 1.165) is 17.7 Å². The number of carbonyl (C=O) groups excluding carboxylic acids is 2. The number of hydrogen-bond acceptors (Lipinski definition) is 3. The number of anilines is 1. The van der Waals surface area contributed by atoms with Crippen LogP contribution in [0.3, 0.4) is 0 Å². The van der Waals surface area contributed by atoms with Crippen LogP contribution in [-0.4, -0.2) is 36.1 Å². The molecule has 5 nitrogen and oxygen atoms in total. The van der Waals surface area contributed by atoms with Crippen LogP contribution in [-0.2, 0) is 9.59 Å². The molecule has 23 heavy (non-hydrogen) atoms. The molecular weight excluding hydrogens is 316 g/mol. The highest BCUT2D eigenvalue weighted by Crippen LogP contribution is 2.30. The van der Waals surface area contributed by atoms with Gasteiger partial charge >= 0.3 is 0 Å². The van der Waals surface area contributed by atoms with Crippen molar-refractivity contribution in [2.24, 2.45) is 5.92 Å². The quantitative estimate of drug-likeness (QED) is 0.836. The molecule has 1 heterocycles. The van der Waals surface area contributed by atoms with Gasteiger partial charge in [0.05, 0.1) is 12.0 Å². The second-order valence-electron chi connectivity index (χ2n) is 6.02. The first-order valence-corrected chi connectivity index (χ1v) is 8.32. The normalized spacial score (nSPS) is 19.0. The van der Waals surface area contributed by atoms with Crippen LogP contribution in [0.15, 0.2) is 18.2 Å². The van der Waals surface area contributed by atoms with Crippen LogP contribution in [0, 0.1) is 12.8 Å². The number of amides is 2. The van der Waals surface area contributed by atoms with E-state index in [9.17, 15) is 14.7 Å². The summed E-state index contributed by atoms with van der Waals surface area (Å²) in [6.45, 7) is 4.46. The van der Waals surface area contributed by atoms with Gasteiger partial charge in [-0.1, -0.05) is 31.0 Å². The smallest absolute Gasteiger partial charge is 0.227 e. The van der Waals surface area contributed by atoms with E-state index in [-0.39, 0.29) is 24.8 Å². The Morgan fingerprint density at radius 1 is 1.52 bits per heavy atom. The summed E-state index contributed by atoms with van der Waals surface area (Å²) >= 11 is 6.01. The van der Waals surface area contributed by atoms with Crippen molar-refractivity contribution in [2.75, 3.05) is 18.0 Å². The van der Waals surface area contributed by atoms with Crippen molar-refractivity contribution >= 4 is 29.1 Å². The molecule has 6 heteroatoms. The molecule has 0 aliphatic carbocycles. The first kappa shape index (κ1) is 17.8. The van der Waals surface area contributed by atoms with Crippen molar-refractivity contribution in [1.29, 1.82) is 0 Å². The molecule has 0 bridgehead atoms. The predicted molar refractivity (Wildman–Crippen MR) is 90.6 cm³/mol. The molecule has 2 N–H and O–H groups in total. The summed E-state index contributed by atoms with van der Waals surface area (Å²) in [5.41, 5.74) is 1.70. The number of benzene rings is 1. The lowest BCUT2D eigenvalue weighted by Crippen LogP contribution is -2.37. The number of carbonyl (C=O) groups is 2. The number of aliphatic hydroxyl groups excluding tert-OH is 1. The lowest BCUT2D eigenvalue weighted by Gasteiger charge is -2.19. The van der Waals surface area contributed by atoms with E-state index in [1.807, 2.05) is 19.9 Å². The molecule has 1 saturated heterocycles. The Bertz CT molecular complexity index is 591. The molecule has 1 fully saturated rings. The second-order valence-corrected chi connectivity index (χ2v) is 6.46. The highest BCUT2D eigenvalue weighted by Gasteiger charge is 2.35. The Morgan fingerprint density at radius 3 is 2.96 bits per heavy atom. The number of nitrogens with one attached hydrogen (secondary N) is 1. The minimum atomic E-state index is -0.535. The summed E-state index contributed by atoms with van der Waals surface area (Å²) in [4.78, 5) is 26.1. The van der Waals surface area contributed by atoms with Gasteiger partial charge in [0.2, 0.25) is 11.8 Å². The van der Waals surface area contributed by atoms with E-state index in [2.05, 4.69) is 5.32 Å². The zero-order chi connectivity index (χ0) is 17.0. The Morgan fingerprint density at radius 2 is 2.26 bits per heavy atom. The maximum Gasteiger partial charge on any atom is 0.227 e. The highest BCUT2D eigenvalue weighted by atomic mass is 35.5. The summed E-state index contributed by atoms with van der Waals surface area (Å²) in [5, 5.41) is 13.0. The van der Waals surface area contributed by atoms with Crippen LogP contribution in [0.4, 0.5) is 5.69 Å². The van der Waals surface area contributed by atoms with Gasteiger partial charge in [0.1, 0.15) is 0 Å². The van der Waals surface area contributed by atoms with Crippen LogP contribution < -0.4 is 10.2 Å². The Hall–Kier alpha value is -1.59. The van der Waals surface area contributed by atoms with Crippen molar-refractivity contribution < 1.29 is 14.7 Å². The number of rotatable bonds is 6. The topological polar surface area (TPSA) is 69.6 Å². The van der Waals surface area contributed by atoms with E-state index >= 15 is 0 Å². The first-order valence-electron chi connectivity index (χ1n) is 7.94. The summed E-state index contributed by atoms with van der Waals surface area (Å²) in [6.07, 6.45) is 1.16. The standard InChI is InChI=1S/C17H23ClN2O3/c1-3-4-14(21)9-19-17(23)12-7-16(22)20(10-12)15-8-13(18)6-5-11(15)2/h5-6,8,12,14,21H,3-4,7,9-10H2,1-2H3,(H,19,23). The SMILES string of the molecule is CCCC(O)CNC(=O)C1CC(=O)N(c2cc(Cl)ccc2C)C1. The van der Waals surface area contributed by atoms with Gasteiger partial charge in [-0.25, -0.2) is 0 Å². The fourth-order valence-corrected chi connectivity index (χ4v) is 2.95. The van der Waals surface area contributed by atoms with E-state index < -0.39 is 12.0 Å². The molecule has 1 aromatic rings. The molecule has 2 rings (SSSR count). The molecule has 1 aliphatic rings. The monoisotopic (exact) mass is 338 g/mol. The third kappa shape index (κ3) is 4.45. The molecule has 1 aromatic carbocycles. The van der Waals surface area contributed by atoms with Gasteiger partial charge in [-0.2, -0.15) is 0 Å². The first-order chi connectivity index (χ1) is 10.9. The van der Waals surface area contributed by atoms with Crippen molar-refractivity contribution in [3.8, 4) is 0 Å². The fourth-order valence-electron chi connectivity index (χ4n) is 2.79. The predicted octanol–water partition coefficient (Wildman–Crippen LogP) is 2.28. The van der Waals surface area contributed by atoms with E-state index in [4.69, 9.17) is 11.6 Å². The molecular formula is C17H23ClN2O3. The maximum absolute atomic E-state index is 12.2. The molecule has 0 saturated carbocycles. The van der Waals surface area contributed by atoms with Crippen molar-refractivity contribution in [3.05, 3.63) is 28.8 Å². The summed E-state index contributed by atoms with van der Waals surface area (Å²) in [6, 6.07) is 5.39. The van der Waals surface area contributed by atoms with E-state index in [1.165, 1.54) is 0 Å². The second kappa shape index (κ2) is 7.79. The Balaban J connectivity index is 1.99. The molecule has 2 amide bonds. The number of aliphatic hydroxyl groups is 1. The number of halogens is 1. The molecule has 126 valence electrons. The van der Waals surface area contributed by atoms with Crippen LogP contribution in [0.2, 0.25) is 5.02 Å². The van der Waals surface area contributed by atoms with Gasteiger partial charge in [-0.3, -0.25) is 9.59 Å². The molecule has 2 atom stereocenters. The van der Waals surface area contributed by atoms with E-state index in [1.54, 1.807) is 17.0 Å². The number of nitrogens with zero attached hydrogens (tertiary/aromatic N) is 1. The average Bonchev–Trinajstić information content (AvgIpc) is 2.89. The Labute approximate surface area is 141 Å². The Kier molecular flexibility index (Phi) is 6.02. The minimum Gasteiger partial charge on any atom is -0.391 e. The van der Waals surface area contributed by atoms with Crippen molar-refractivity contribution in [2.45, 2.75) is 39.2 Å². The molecule has 2 unspecified atom stereocenters. The third-order valence-corrected chi connectivity index (χ3v) is 4.33. The highest BCUT2D eigenvalue weighted by molar-refractivity contribution is 6.31. The molecule has 0 radical (unpaired) electrons. The number of hydrogen-bond donors (Lipinski definition) is 2. The minimum absolute atomic E-state index is 0.0791. The van der Waals surface area contributed by atoms with E-state index in [0.29, 0.717) is 18.0 Å². The van der Waals surface area contributed by atoms with Crippen LogP contribution in [0.25, 0.3) is 0 Å². The van der Waals surface area contributed by atoms with Crippen molar-refractivity contribution in [3.63, 3.8) is 0 Å². The van der Waals surface area contributed by atoms with Gasteiger partial charge in [0.25, 0.3) is 0 Å². The average molecular weight is 339 g/mol. The molecule has 1 aliphatic heterocycles. The van der Waals surface area contributed by atoms with Gasteiger partial charge in [-0.05, 0) is 31.0 Å². The van der Waals surface area contributed by atoms with Crippen LogP contribution >= 0.6 is 11.6 Å². The molecule has 0 aromatic heterocycles. The van der Waals surface area contributed by atoms with Gasteiger partial charge < -0.3 is 15.3 Å². The zero-order valence-electron chi connectivity index (χ0n) is 13.5. The zero-order valence-corrected chi connectivity index (χ0v) is 14.3. The fraction of sp³-hybridized carbons (Fsp3) is 0.529. The lowest BCUT2D eigenvalue weighted by atomic mass is 10.1. The lowest BCUT2D eigenvalue weighted by molar-refractivity contribution is -0.126. The summed E-state index contributed by atoms with van der Waals surface area (Å²) in [5.74, 6) is -0.657. The third-order valence-electron chi connectivity index (χ3n) is 4.09. The van der Waals surface area contributed by atoms with Crippen molar-refractivity contribution in [1.82, 2.24) is 5.32 Å². The van der Waals surface area contributed by atoms with Crippen LogP contribution in [0.1, 0.15) is 31.7 Å². The summed E-state index contributed by atoms with van der Waals surface area (Å²) in [7, 11) is 0. The summed E-state index contributed by atoms with van der Waals surface area (Å²) < 4.78 is 0.